The molecule has 0 saturated heterocycles. The van der Waals surface area contributed by atoms with Gasteiger partial charge in [0.15, 0.2) is 0 Å². The average Bonchev–Trinajstić information content (AvgIpc) is 2.08. The monoisotopic (exact) mass is 250 g/mol. The van der Waals surface area contributed by atoms with E-state index in [2.05, 4.69) is 20.9 Å². The van der Waals surface area contributed by atoms with Gasteiger partial charge in [0.2, 0.25) is 0 Å². The summed E-state index contributed by atoms with van der Waals surface area (Å²) in [5, 5.41) is 0.389. The highest BCUT2D eigenvalue weighted by Crippen LogP contribution is 2.28. The zero-order valence-electron chi connectivity index (χ0n) is 7.02. The minimum absolute atomic E-state index is 0.0810. The molecular weight excluding hydrogens is 242 g/mol. The van der Waals surface area contributed by atoms with Crippen LogP contribution in [0.5, 0.6) is 0 Å². The fourth-order valence-corrected chi connectivity index (χ4v) is 1.48. The van der Waals surface area contributed by atoms with Crippen LogP contribution in [0.1, 0.15) is 23.4 Å². The normalized spacial score (nSPS) is 10.8. The predicted octanol–water partition coefficient (Wildman–Crippen LogP) is 2.80. The van der Waals surface area contributed by atoms with Gasteiger partial charge in [0.1, 0.15) is 0 Å². The highest BCUT2D eigenvalue weighted by atomic mass is 79.9. The highest BCUT2D eigenvalue weighted by molar-refractivity contribution is 9.08. The average molecular weight is 251 g/mol. The number of halogens is 3. The zero-order valence-corrected chi connectivity index (χ0v) is 8.61. The second-order valence-electron chi connectivity index (χ2n) is 2.65. The minimum atomic E-state index is -2.54. The number of alkyl halides is 3. The molecule has 2 N–H and O–H groups in total. The van der Waals surface area contributed by atoms with Gasteiger partial charge in [-0.1, -0.05) is 15.9 Å². The molecule has 0 aliphatic carbocycles. The van der Waals surface area contributed by atoms with E-state index in [-0.39, 0.29) is 11.3 Å². The number of nitrogens with zero attached hydrogens (tertiary/aromatic N) is 1. The molecule has 0 aliphatic heterocycles. The number of aromatic nitrogens is 1. The number of hydrogen-bond donors (Lipinski definition) is 1. The smallest absolute Gasteiger partial charge is 0.265 e. The summed E-state index contributed by atoms with van der Waals surface area (Å²) in [6, 6.07) is 1.31. The lowest BCUT2D eigenvalue weighted by Crippen LogP contribution is -2.03. The Labute approximate surface area is 83.3 Å². The van der Waals surface area contributed by atoms with Gasteiger partial charge in [0.25, 0.3) is 6.43 Å². The van der Waals surface area contributed by atoms with Crippen LogP contribution in [0.15, 0.2) is 6.07 Å². The van der Waals surface area contributed by atoms with Crippen LogP contribution in [-0.4, -0.2) is 4.98 Å². The largest absolute Gasteiger partial charge is 0.397 e. The fraction of sp³-hybridized carbons (Fsp3) is 0.375. The topological polar surface area (TPSA) is 38.9 Å². The predicted molar refractivity (Wildman–Crippen MR) is 51.0 cm³/mol. The molecule has 0 aromatic carbocycles. The molecule has 0 fully saturated rings. The molecule has 0 amide bonds. The summed E-state index contributed by atoms with van der Waals surface area (Å²) in [5.74, 6) is 0. The second kappa shape index (κ2) is 4.00. The van der Waals surface area contributed by atoms with Crippen molar-refractivity contribution in [2.24, 2.45) is 0 Å². The number of hydrogen-bond acceptors (Lipinski definition) is 2. The third-order valence-electron chi connectivity index (χ3n) is 1.66. The Morgan fingerprint density at radius 2 is 2.23 bits per heavy atom. The summed E-state index contributed by atoms with van der Waals surface area (Å²) in [7, 11) is 0. The Bertz CT molecular complexity index is 315. The van der Waals surface area contributed by atoms with Crippen molar-refractivity contribution in [1.29, 1.82) is 0 Å². The second-order valence-corrected chi connectivity index (χ2v) is 3.21. The molecule has 0 bridgehead atoms. The van der Waals surface area contributed by atoms with Crippen molar-refractivity contribution in [2.75, 3.05) is 5.73 Å². The number of anilines is 1. The summed E-state index contributed by atoms with van der Waals surface area (Å²) in [4.78, 5) is 4.03. The van der Waals surface area contributed by atoms with Crippen LogP contribution in [0, 0.1) is 6.92 Å². The van der Waals surface area contributed by atoms with Gasteiger partial charge in [-0.3, -0.25) is 4.98 Å². The van der Waals surface area contributed by atoms with E-state index in [0.717, 1.165) is 0 Å². The molecule has 1 aromatic rings. The SMILES string of the molecule is Cc1cc(C(F)F)c(N)c(CBr)n1. The van der Waals surface area contributed by atoms with Crippen molar-refractivity contribution in [2.45, 2.75) is 18.7 Å². The summed E-state index contributed by atoms with van der Waals surface area (Å²) in [6.45, 7) is 1.66. The summed E-state index contributed by atoms with van der Waals surface area (Å²) < 4.78 is 24.8. The van der Waals surface area contributed by atoms with E-state index in [9.17, 15) is 8.78 Å². The van der Waals surface area contributed by atoms with Crippen LogP contribution in [0.25, 0.3) is 0 Å². The van der Waals surface area contributed by atoms with Gasteiger partial charge in [0, 0.05) is 16.6 Å². The zero-order chi connectivity index (χ0) is 10.0. The third kappa shape index (κ3) is 2.15. The molecule has 13 heavy (non-hydrogen) atoms. The Morgan fingerprint density at radius 1 is 1.62 bits per heavy atom. The van der Waals surface area contributed by atoms with E-state index in [1.807, 2.05) is 0 Å². The molecule has 1 heterocycles. The Hall–Kier alpha value is -0.710. The minimum Gasteiger partial charge on any atom is -0.397 e. The highest BCUT2D eigenvalue weighted by Gasteiger charge is 2.15. The molecule has 0 aliphatic rings. The van der Waals surface area contributed by atoms with E-state index >= 15 is 0 Å². The quantitative estimate of drug-likeness (QED) is 0.821. The van der Waals surface area contributed by atoms with Gasteiger partial charge in [-0.2, -0.15) is 0 Å². The van der Waals surface area contributed by atoms with Crippen LogP contribution < -0.4 is 5.73 Å². The fourth-order valence-electron chi connectivity index (χ4n) is 1.06. The molecule has 0 radical (unpaired) electrons. The first-order chi connectivity index (χ1) is 6.06. The van der Waals surface area contributed by atoms with Crippen molar-refractivity contribution in [1.82, 2.24) is 4.98 Å². The number of nitrogen functional groups attached to an aromatic ring is 1. The van der Waals surface area contributed by atoms with Crippen molar-refractivity contribution < 1.29 is 8.78 Å². The number of rotatable bonds is 2. The molecule has 1 rings (SSSR count). The van der Waals surface area contributed by atoms with Crippen molar-refractivity contribution in [3.05, 3.63) is 23.0 Å². The van der Waals surface area contributed by atoms with E-state index < -0.39 is 6.43 Å². The standard InChI is InChI=1S/C8H9BrF2N2/c1-4-2-5(8(10)11)7(12)6(3-9)13-4/h2,8H,3,12H2,1H3. The lowest BCUT2D eigenvalue weighted by atomic mass is 10.1. The maximum absolute atomic E-state index is 12.4. The van der Waals surface area contributed by atoms with Gasteiger partial charge < -0.3 is 5.73 Å². The van der Waals surface area contributed by atoms with Gasteiger partial charge in [-0.25, -0.2) is 8.78 Å². The molecule has 1 aromatic heterocycles. The molecular formula is C8H9BrF2N2. The Kier molecular flexibility index (Phi) is 3.19. The van der Waals surface area contributed by atoms with Crippen LogP contribution in [0.4, 0.5) is 14.5 Å². The van der Waals surface area contributed by atoms with E-state index in [4.69, 9.17) is 5.73 Å². The molecule has 5 heteroatoms. The van der Waals surface area contributed by atoms with Crippen molar-refractivity contribution in [3.63, 3.8) is 0 Å². The first-order valence-corrected chi connectivity index (χ1v) is 4.78. The van der Waals surface area contributed by atoms with Crippen molar-refractivity contribution in [3.8, 4) is 0 Å². The maximum atomic E-state index is 12.4. The molecule has 0 atom stereocenters. The van der Waals surface area contributed by atoms with Gasteiger partial charge in [-0.05, 0) is 13.0 Å². The van der Waals surface area contributed by atoms with Crippen LogP contribution in [0.2, 0.25) is 0 Å². The molecule has 0 unspecified atom stereocenters. The number of pyridine rings is 1. The summed E-state index contributed by atoms with van der Waals surface area (Å²) in [5.41, 5.74) is 6.46. The van der Waals surface area contributed by atoms with E-state index in [1.54, 1.807) is 6.92 Å². The number of aryl methyl sites for hydroxylation is 1. The van der Waals surface area contributed by atoms with Gasteiger partial charge in [0.05, 0.1) is 11.4 Å². The first-order valence-electron chi connectivity index (χ1n) is 3.66. The Balaban J connectivity index is 3.27. The first kappa shape index (κ1) is 10.4. The van der Waals surface area contributed by atoms with Crippen LogP contribution in [0.3, 0.4) is 0 Å². The molecule has 72 valence electrons. The molecule has 0 spiro atoms. The molecule has 2 nitrogen and oxygen atoms in total. The van der Waals surface area contributed by atoms with Crippen molar-refractivity contribution >= 4 is 21.6 Å². The van der Waals surface area contributed by atoms with Crippen LogP contribution in [-0.2, 0) is 5.33 Å². The Morgan fingerprint density at radius 3 is 2.69 bits per heavy atom. The van der Waals surface area contributed by atoms with E-state index in [1.165, 1.54) is 6.07 Å². The lowest BCUT2D eigenvalue weighted by molar-refractivity contribution is 0.152. The van der Waals surface area contributed by atoms with E-state index in [0.29, 0.717) is 16.7 Å². The van der Waals surface area contributed by atoms with Crippen LogP contribution >= 0.6 is 15.9 Å². The maximum Gasteiger partial charge on any atom is 0.265 e. The van der Waals surface area contributed by atoms with Gasteiger partial charge in [-0.15, -0.1) is 0 Å². The summed E-state index contributed by atoms with van der Waals surface area (Å²) >= 11 is 3.14. The lowest BCUT2D eigenvalue weighted by Gasteiger charge is -2.09. The summed E-state index contributed by atoms with van der Waals surface area (Å²) in [6.07, 6.45) is -2.54. The van der Waals surface area contributed by atoms with Gasteiger partial charge >= 0.3 is 0 Å². The third-order valence-corrected chi connectivity index (χ3v) is 2.19. The number of nitrogens with two attached hydrogens (primary N) is 1. The molecule has 0 saturated carbocycles.